The molecule has 2 unspecified atom stereocenters. The maximum absolute atomic E-state index is 12.3. The molecule has 1 heterocycles. The van der Waals surface area contributed by atoms with Crippen molar-refractivity contribution in [2.75, 3.05) is 18.4 Å². The normalized spacial score (nSPS) is 28.9. The molecule has 0 radical (unpaired) electrons. The van der Waals surface area contributed by atoms with Gasteiger partial charge in [-0.2, -0.15) is 0 Å². The van der Waals surface area contributed by atoms with E-state index >= 15 is 0 Å². The van der Waals surface area contributed by atoms with Crippen molar-refractivity contribution in [2.24, 2.45) is 5.92 Å². The Morgan fingerprint density at radius 2 is 2.05 bits per heavy atom. The van der Waals surface area contributed by atoms with E-state index in [1.54, 1.807) is 24.3 Å². The summed E-state index contributed by atoms with van der Waals surface area (Å²) in [5, 5.41) is 14.2. The van der Waals surface area contributed by atoms with Crippen LogP contribution in [0.5, 0.6) is 0 Å². The van der Waals surface area contributed by atoms with Gasteiger partial charge in [-0.1, -0.05) is 24.4 Å². The van der Waals surface area contributed by atoms with Crippen LogP contribution >= 0.6 is 11.6 Å². The van der Waals surface area contributed by atoms with Gasteiger partial charge in [0.1, 0.15) is 0 Å². The molecule has 0 bridgehead atoms. The third-order valence-electron chi connectivity index (χ3n) is 4.81. The highest BCUT2D eigenvalue weighted by Gasteiger charge is 2.43. The summed E-state index contributed by atoms with van der Waals surface area (Å²) in [5.41, 5.74) is 0.198. The molecule has 2 amide bonds. The van der Waals surface area contributed by atoms with Gasteiger partial charge >= 0.3 is 6.03 Å². The number of aliphatic hydroxyl groups is 1. The number of fused-ring (bicyclic) bond motifs is 1. The zero-order chi connectivity index (χ0) is 14.9. The molecule has 1 aliphatic heterocycles. The van der Waals surface area contributed by atoms with Crippen molar-refractivity contribution in [3.63, 3.8) is 0 Å². The van der Waals surface area contributed by atoms with E-state index in [-0.39, 0.29) is 11.9 Å². The van der Waals surface area contributed by atoms with E-state index in [4.69, 9.17) is 11.6 Å². The Labute approximate surface area is 130 Å². The van der Waals surface area contributed by atoms with Crippen LogP contribution in [0.2, 0.25) is 5.02 Å². The third-order valence-corrected chi connectivity index (χ3v) is 5.06. The second kappa shape index (κ2) is 5.85. The third kappa shape index (κ3) is 3.16. The smallest absolute Gasteiger partial charge is 0.321 e. The minimum absolute atomic E-state index is 0.0926. The highest BCUT2D eigenvalue weighted by atomic mass is 35.5. The van der Waals surface area contributed by atoms with E-state index in [2.05, 4.69) is 5.32 Å². The van der Waals surface area contributed by atoms with E-state index < -0.39 is 5.60 Å². The first-order valence-corrected chi connectivity index (χ1v) is 7.98. The zero-order valence-electron chi connectivity index (χ0n) is 12.0. The van der Waals surface area contributed by atoms with Crippen molar-refractivity contribution in [3.05, 3.63) is 29.3 Å². The zero-order valence-corrected chi connectivity index (χ0v) is 12.8. The minimum atomic E-state index is -0.546. The molecule has 1 aliphatic carbocycles. The fourth-order valence-electron chi connectivity index (χ4n) is 3.49. The topological polar surface area (TPSA) is 52.6 Å². The average Bonchev–Trinajstić information content (AvgIpc) is 2.48. The van der Waals surface area contributed by atoms with Crippen LogP contribution in [0.15, 0.2) is 24.3 Å². The largest absolute Gasteiger partial charge is 0.389 e. The van der Waals surface area contributed by atoms with E-state index in [0.29, 0.717) is 24.5 Å². The fraction of sp³-hybridized carbons (Fsp3) is 0.562. The van der Waals surface area contributed by atoms with Crippen LogP contribution in [0.1, 0.15) is 32.1 Å². The van der Waals surface area contributed by atoms with Crippen LogP contribution in [0.25, 0.3) is 0 Å². The predicted molar refractivity (Wildman–Crippen MR) is 83.6 cm³/mol. The van der Waals surface area contributed by atoms with Crippen LogP contribution in [0.3, 0.4) is 0 Å². The molecule has 1 saturated carbocycles. The van der Waals surface area contributed by atoms with Gasteiger partial charge in [0.05, 0.1) is 5.60 Å². The maximum Gasteiger partial charge on any atom is 0.321 e. The molecule has 3 rings (SSSR count). The Morgan fingerprint density at radius 1 is 1.29 bits per heavy atom. The lowest BCUT2D eigenvalue weighted by Gasteiger charge is -2.47. The number of likely N-dealkylation sites (tertiary alicyclic amines) is 1. The van der Waals surface area contributed by atoms with Gasteiger partial charge in [0.2, 0.25) is 0 Å². The Hall–Kier alpha value is -1.26. The second-order valence-electron chi connectivity index (χ2n) is 6.18. The first-order chi connectivity index (χ1) is 10.1. The average molecular weight is 309 g/mol. The molecular formula is C16H21ClN2O2. The van der Waals surface area contributed by atoms with Crippen molar-refractivity contribution < 1.29 is 9.90 Å². The molecule has 2 N–H and O–H groups in total. The van der Waals surface area contributed by atoms with Crippen molar-refractivity contribution in [3.8, 4) is 0 Å². The fourth-order valence-corrected chi connectivity index (χ4v) is 3.62. The van der Waals surface area contributed by atoms with Crippen LogP contribution in [0.4, 0.5) is 10.5 Å². The van der Waals surface area contributed by atoms with Crippen LogP contribution in [-0.2, 0) is 0 Å². The summed E-state index contributed by atoms with van der Waals surface area (Å²) in [6.07, 6.45) is 4.83. The van der Waals surface area contributed by atoms with E-state index in [1.165, 1.54) is 0 Å². The molecule has 21 heavy (non-hydrogen) atoms. The van der Waals surface area contributed by atoms with Gasteiger partial charge in [0, 0.05) is 29.7 Å². The Morgan fingerprint density at radius 3 is 2.81 bits per heavy atom. The summed E-state index contributed by atoms with van der Waals surface area (Å²) in [5.74, 6) is 0.218. The predicted octanol–water partition coefficient (Wildman–Crippen LogP) is 3.50. The number of rotatable bonds is 1. The highest BCUT2D eigenvalue weighted by molar-refractivity contribution is 6.30. The number of carbonyl (C=O) groups is 1. The molecular weight excluding hydrogens is 288 g/mol. The monoisotopic (exact) mass is 308 g/mol. The quantitative estimate of drug-likeness (QED) is 0.834. The molecule has 0 aromatic heterocycles. The van der Waals surface area contributed by atoms with Crippen molar-refractivity contribution in [2.45, 2.75) is 37.7 Å². The number of benzene rings is 1. The molecule has 5 heteroatoms. The van der Waals surface area contributed by atoms with Crippen LogP contribution in [0, 0.1) is 5.92 Å². The maximum atomic E-state index is 12.3. The molecule has 1 saturated heterocycles. The molecule has 1 aromatic rings. The lowest BCUT2D eigenvalue weighted by molar-refractivity contribution is -0.0863. The number of amides is 2. The number of urea groups is 1. The van der Waals surface area contributed by atoms with Crippen molar-refractivity contribution in [1.29, 1.82) is 0 Å². The van der Waals surface area contributed by atoms with Gasteiger partial charge in [0.25, 0.3) is 0 Å². The highest BCUT2D eigenvalue weighted by Crippen LogP contribution is 2.39. The number of halogens is 1. The Bertz CT molecular complexity index is 520. The minimum Gasteiger partial charge on any atom is -0.389 e. The van der Waals surface area contributed by atoms with Crippen molar-refractivity contribution >= 4 is 23.3 Å². The van der Waals surface area contributed by atoms with Gasteiger partial charge in [-0.15, -0.1) is 0 Å². The van der Waals surface area contributed by atoms with E-state index in [1.807, 2.05) is 4.90 Å². The molecule has 2 fully saturated rings. The number of piperidine rings is 1. The van der Waals surface area contributed by atoms with E-state index in [0.717, 1.165) is 31.4 Å². The van der Waals surface area contributed by atoms with Gasteiger partial charge < -0.3 is 15.3 Å². The molecule has 2 aliphatic rings. The van der Waals surface area contributed by atoms with Gasteiger partial charge in [0.15, 0.2) is 0 Å². The summed E-state index contributed by atoms with van der Waals surface area (Å²) in [6.45, 7) is 1.27. The number of hydrogen-bond acceptors (Lipinski definition) is 2. The SMILES string of the molecule is O=C(Nc1ccc(Cl)cc1)N1CCC2(O)CCCCC2C1. The summed E-state index contributed by atoms with van der Waals surface area (Å²) in [4.78, 5) is 14.2. The lowest BCUT2D eigenvalue weighted by atomic mass is 9.71. The molecule has 2 atom stereocenters. The van der Waals surface area contributed by atoms with Crippen LogP contribution < -0.4 is 5.32 Å². The number of anilines is 1. The first-order valence-electron chi connectivity index (χ1n) is 7.61. The van der Waals surface area contributed by atoms with Gasteiger partial charge in [-0.3, -0.25) is 0 Å². The Kier molecular flexibility index (Phi) is 4.09. The summed E-state index contributed by atoms with van der Waals surface area (Å²) >= 11 is 5.84. The summed E-state index contributed by atoms with van der Waals surface area (Å²) in [7, 11) is 0. The summed E-state index contributed by atoms with van der Waals surface area (Å²) < 4.78 is 0. The number of carbonyl (C=O) groups excluding carboxylic acids is 1. The number of nitrogens with one attached hydrogen (secondary N) is 1. The van der Waals surface area contributed by atoms with Crippen LogP contribution in [-0.4, -0.2) is 34.7 Å². The lowest BCUT2D eigenvalue weighted by Crippen LogP contribution is -2.55. The van der Waals surface area contributed by atoms with E-state index in [9.17, 15) is 9.90 Å². The number of nitrogens with zero attached hydrogens (tertiary/aromatic N) is 1. The molecule has 0 spiro atoms. The first kappa shape index (κ1) is 14.7. The second-order valence-corrected chi connectivity index (χ2v) is 6.62. The van der Waals surface area contributed by atoms with Gasteiger partial charge in [-0.25, -0.2) is 4.79 Å². The standard InChI is InChI=1S/C16H21ClN2O2/c17-13-4-6-14(7-5-13)18-15(20)19-10-9-16(21)8-2-1-3-12(16)11-19/h4-7,12,21H,1-3,8-11H2,(H,18,20). The molecule has 114 valence electrons. The van der Waals surface area contributed by atoms with Crippen molar-refractivity contribution in [1.82, 2.24) is 4.90 Å². The summed E-state index contributed by atoms with van der Waals surface area (Å²) in [6, 6.07) is 7.01. The molecule has 4 nitrogen and oxygen atoms in total. The molecule has 1 aromatic carbocycles. The number of hydrogen-bond donors (Lipinski definition) is 2. The van der Waals surface area contributed by atoms with Gasteiger partial charge in [-0.05, 0) is 43.5 Å². The Balaban J connectivity index is 1.62.